The molecule has 25 heavy (non-hydrogen) atoms. The maximum Gasteiger partial charge on any atom is 0.321 e. The molecule has 2 aromatic rings. The fourth-order valence-corrected chi connectivity index (χ4v) is 2.86. The van der Waals surface area contributed by atoms with Crippen LogP contribution in [0.3, 0.4) is 0 Å². The smallest absolute Gasteiger partial charge is 0.321 e. The maximum atomic E-state index is 11.9. The van der Waals surface area contributed by atoms with Crippen molar-refractivity contribution in [3.63, 3.8) is 0 Å². The van der Waals surface area contributed by atoms with E-state index in [9.17, 15) is 9.59 Å². The number of carbonyl (C=O) groups excluding carboxylic acids is 2. The number of urea groups is 1. The van der Waals surface area contributed by atoms with Crippen LogP contribution in [-0.2, 0) is 4.79 Å². The van der Waals surface area contributed by atoms with Crippen LogP contribution in [0.2, 0.25) is 0 Å². The molecule has 0 aliphatic heterocycles. The highest BCUT2D eigenvalue weighted by molar-refractivity contribution is 7.99. The van der Waals surface area contributed by atoms with E-state index in [1.54, 1.807) is 4.68 Å². The monoisotopic (exact) mass is 362 g/mol. The van der Waals surface area contributed by atoms with E-state index in [0.29, 0.717) is 17.6 Å². The lowest BCUT2D eigenvalue weighted by Crippen LogP contribution is -2.41. The summed E-state index contributed by atoms with van der Waals surface area (Å²) in [6.45, 7) is 8.42. The summed E-state index contributed by atoms with van der Waals surface area (Å²) in [6.07, 6.45) is 0. The van der Waals surface area contributed by atoms with Gasteiger partial charge in [0.2, 0.25) is 11.1 Å². The Kier molecular flexibility index (Phi) is 6.51. The fraction of sp³-hybridized carbons (Fsp3) is 0.438. The average Bonchev–Trinajstić information content (AvgIpc) is 2.99. The standard InChI is InChI=1S/C16H22N6O2S/c1-10(2)8-17-15(24)18-13(23)9-25-16-19-20-21-22(16)14-11(3)6-5-7-12(14)4/h5-7,10H,8-9H2,1-4H3,(H2,17,18,23,24). The Hall–Kier alpha value is -2.42. The van der Waals surface area contributed by atoms with Gasteiger partial charge in [0.15, 0.2) is 0 Å². The van der Waals surface area contributed by atoms with Crippen LogP contribution in [0, 0.1) is 19.8 Å². The summed E-state index contributed by atoms with van der Waals surface area (Å²) in [7, 11) is 0. The third-order valence-electron chi connectivity index (χ3n) is 3.35. The molecule has 0 aliphatic rings. The van der Waals surface area contributed by atoms with Crippen molar-refractivity contribution in [2.45, 2.75) is 32.9 Å². The van der Waals surface area contributed by atoms with Gasteiger partial charge in [-0.25, -0.2) is 4.79 Å². The van der Waals surface area contributed by atoms with E-state index in [-0.39, 0.29) is 5.75 Å². The van der Waals surface area contributed by atoms with Gasteiger partial charge < -0.3 is 5.32 Å². The minimum atomic E-state index is -0.492. The van der Waals surface area contributed by atoms with Gasteiger partial charge in [0.05, 0.1) is 11.4 Å². The number of carbonyl (C=O) groups is 2. The predicted octanol–water partition coefficient (Wildman–Crippen LogP) is 1.85. The van der Waals surface area contributed by atoms with Crippen molar-refractivity contribution in [2.24, 2.45) is 5.92 Å². The van der Waals surface area contributed by atoms with Crippen molar-refractivity contribution in [1.29, 1.82) is 0 Å². The summed E-state index contributed by atoms with van der Waals surface area (Å²) >= 11 is 1.18. The number of amides is 3. The summed E-state index contributed by atoms with van der Waals surface area (Å²) in [5, 5.41) is 17.1. The van der Waals surface area contributed by atoms with Crippen LogP contribution in [0.1, 0.15) is 25.0 Å². The summed E-state index contributed by atoms with van der Waals surface area (Å²) < 4.78 is 1.61. The van der Waals surface area contributed by atoms with E-state index in [1.165, 1.54) is 11.8 Å². The summed E-state index contributed by atoms with van der Waals surface area (Å²) in [4.78, 5) is 23.5. The number of aromatic nitrogens is 4. The highest BCUT2D eigenvalue weighted by Crippen LogP contribution is 2.23. The van der Waals surface area contributed by atoms with Gasteiger partial charge in [0, 0.05) is 6.54 Å². The number of imide groups is 1. The van der Waals surface area contributed by atoms with Gasteiger partial charge in [0.1, 0.15) is 0 Å². The average molecular weight is 362 g/mol. The van der Waals surface area contributed by atoms with Crippen LogP contribution in [0.4, 0.5) is 4.79 Å². The molecule has 2 rings (SSSR count). The van der Waals surface area contributed by atoms with Crippen molar-refractivity contribution in [3.8, 4) is 5.69 Å². The second-order valence-electron chi connectivity index (χ2n) is 6.05. The Bertz CT molecular complexity index is 739. The van der Waals surface area contributed by atoms with Crippen LogP contribution in [0.15, 0.2) is 23.4 Å². The van der Waals surface area contributed by atoms with E-state index in [4.69, 9.17) is 0 Å². The largest absolute Gasteiger partial charge is 0.338 e. The lowest BCUT2D eigenvalue weighted by atomic mass is 10.1. The molecule has 0 atom stereocenters. The first-order chi connectivity index (χ1) is 11.9. The van der Waals surface area contributed by atoms with Crippen LogP contribution in [0.25, 0.3) is 5.69 Å². The number of aryl methyl sites for hydroxylation is 2. The van der Waals surface area contributed by atoms with E-state index >= 15 is 0 Å². The summed E-state index contributed by atoms with van der Waals surface area (Å²) in [6, 6.07) is 5.43. The first kappa shape index (κ1) is 18.9. The number of benzene rings is 1. The molecule has 134 valence electrons. The van der Waals surface area contributed by atoms with Crippen molar-refractivity contribution in [3.05, 3.63) is 29.3 Å². The number of hydrogen-bond acceptors (Lipinski definition) is 6. The zero-order valence-corrected chi connectivity index (χ0v) is 15.6. The number of rotatable bonds is 6. The van der Waals surface area contributed by atoms with Crippen LogP contribution < -0.4 is 10.6 Å². The zero-order chi connectivity index (χ0) is 18.4. The second-order valence-corrected chi connectivity index (χ2v) is 7.00. The highest BCUT2D eigenvalue weighted by Gasteiger charge is 2.15. The predicted molar refractivity (Wildman–Crippen MR) is 95.7 cm³/mol. The molecule has 0 spiro atoms. The minimum absolute atomic E-state index is 0.0421. The molecule has 1 heterocycles. The van der Waals surface area contributed by atoms with Crippen LogP contribution in [-0.4, -0.2) is 44.4 Å². The highest BCUT2D eigenvalue weighted by atomic mass is 32.2. The van der Waals surface area contributed by atoms with Crippen LogP contribution >= 0.6 is 11.8 Å². The number of tetrazole rings is 1. The zero-order valence-electron chi connectivity index (χ0n) is 14.7. The Balaban J connectivity index is 1.98. The molecule has 0 fully saturated rings. The van der Waals surface area contributed by atoms with Gasteiger partial charge in [-0.05, 0) is 41.3 Å². The first-order valence-corrected chi connectivity index (χ1v) is 8.92. The van der Waals surface area contributed by atoms with Crippen LogP contribution in [0.5, 0.6) is 0 Å². The molecule has 0 radical (unpaired) electrons. The van der Waals surface area contributed by atoms with Gasteiger partial charge in [0.25, 0.3) is 0 Å². The number of nitrogens with one attached hydrogen (secondary N) is 2. The Morgan fingerprint density at radius 2 is 1.92 bits per heavy atom. The number of hydrogen-bond donors (Lipinski definition) is 2. The fourth-order valence-electron chi connectivity index (χ4n) is 2.18. The van der Waals surface area contributed by atoms with Crippen molar-refractivity contribution < 1.29 is 9.59 Å². The van der Waals surface area contributed by atoms with Gasteiger partial charge in [-0.15, -0.1) is 5.10 Å². The van der Waals surface area contributed by atoms with E-state index in [1.807, 2.05) is 45.9 Å². The second kappa shape index (κ2) is 8.61. The van der Waals surface area contributed by atoms with Gasteiger partial charge in [-0.3, -0.25) is 10.1 Å². The number of nitrogens with zero attached hydrogens (tertiary/aromatic N) is 4. The molecule has 0 saturated heterocycles. The first-order valence-electron chi connectivity index (χ1n) is 7.94. The quantitative estimate of drug-likeness (QED) is 0.761. The molecule has 0 aliphatic carbocycles. The molecule has 0 unspecified atom stereocenters. The minimum Gasteiger partial charge on any atom is -0.338 e. The Labute approximate surface area is 150 Å². The molecule has 8 nitrogen and oxygen atoms in total. The molecule has 1 aromatic heterocycles. The number of para-hydroxylation sites is 1. The summed E-state index contributed by atoms with van der Waals surface area (Å²) in [5.41, 5.74) is 2.96. The normalized spacial score (nSPS) is 10.8. The third kappa shape index (κ3) is 5.28. The maximum absolute atomic E-state index is 11.9. The Morgan fingerprint density at radius 3 is 2.56 bits per heavy atom. The molecule has 0 bridgehead atoms. The Morgan fingerprint density at radius 1 is 1.24 bits per heavy atom. The van der Waals surface area contributed by atoms with Crippen molar-refractivity contribution in [1.82, 2.24) is 30.8 Å². The molecular formula is C16H22N6O2S. The molecule has 9 heteroatoms. The SMILES string of the molecule is Cc1cccc(C)c1-n1nnnc1SCC(=O)NC(=O)NCC(C)C. The molecule has 0 saturated carbocycles. The lowest BCUT2D eigenvalue weighted by Gasteiger charge is -2.11. The van der Waals surface area contributed by atoms with E-state index in [2.05, 4.69) is 26.2 Å². The molecule has 1 aromatic carbocycles. The molecule has 3 amide bonds. The molecule has 2 N–H and O–H groups in total. The van der Waals surface area contributed by atoms with Gasteiger partial charge in [-0.2, -0.15) is 4.68 Å². The van der Waals surface area contributed by atoms with E-state index < -0.39 is 11.9 Å². The van der Waals surface area contributed by atoms with Gasteiger partial charge in [-0.1, -0.05) is 43.8 Å². The van der Waals surface area contributed by atoms with Gasteiger partial charge >= 0.3 is 6.03 Å². The van der Waals surface area contributed by atoms with Crippen molar-refractivity contribution in [2.75, 3.05) is 12.3 Å². The van der Waals surface area contributed by atoms with Crippen molar-refractivity contribution >= 4 is 23.7 Å². The summed E-state index contributed by atoms with van der Waals surface area (Å²) in [5.74, 6) is -0.0417. The topological polar surface area (TPSA) is 102 Å². The molecular weight excluding hydrogens is 340 g/mol. The van der Waals surface area contributed by atoms with E-state index in [0.717, 1.165) is 16.8 Å². The number of thioether (sulfide) groups is 1. The third-order valence-corrected chi connectivity index (χ3v) is 4.27. The lowest BCUT2D eigenvalue weighted by molar-refractivity contribution is -0.117.